The first-order valence-corrected chi connectivity index (χ1v) is 6.39. The number of unbranched alkanes of at least 4 members (excludes halogenated alkanes) is 3. The molecule has 0 aromatic heterocycles. The van der Waals surface area contributed by atoms with Crippen molar-refractivity contribution < 1.29 is 14.3 Å². The van der Waals surface area contributed by atoms with Crippen molar-refractivity contribution in [3.05, 3.63) is 30.1 Å². The zero-order valence-corrected chi connectivity index (χ0v) is 10.7. The highest BCUT2D eigenvalue weighted by Crippen LogP contribution is 2.16. The maximum atomic E-state index is 13.4. The van der Waals surface area contributed by atoms with Crippen LogP contribution in [0, 0.1) is 5.82 Å². The van der Waals surface area contributed by atoms with E-state index in [0.29, 0.717) is 6.42 Å². The van der Waals surface area contributed by atoms with Crippen LogP contribution in [0.15, 0.2) is 24.3 Å². The number of nitrogens with one attached hydrogen (secondary N) is 1. The van der Waals surface area contributed by atoms with Crippen molar-refractivity contribution in [2.45, 2.75) is 45.1 Å². The van der Waals surface area contributed by atoms with Crippen LogP contribution in [0.2, 0.25) is 0 Å². The molecule has 0 fully saturated rings. The summed E-state index contributed by atoms with van der Waals surface area (Å²) in [5.41, 5.74) is 0.250. The molecule has 0 amide bonds. The molecule has 1 aromatic rings. The maximum Gasteiger partial charge on any atom is 0.326 e. The summed E-state index contributed by atoms with van der Waals surface area (Å²) in [6.45, 7) is 2.10. The van der Waals surface area contributed by atoms with E-state index < -0.39 is 17.8 Å². The number of rotatable bonds is 8. The molecule has 1 atom stereocenters. The van der Waals surface area contributed by atoms with Crippen LogP contribution in [0.25, 0.3) is 0 Å². The molecule has 18 heavy (non-hydrogen) atoms. The van der Waals surface area contributed by atoms with Crippen molar-refractivity contribution in [3.8, 4) is 0 Å². The van der Waals surface area contributed by atoms with E-state index in [9.17, 15) is 9.18 Å². The van der Waals surface area contributed by atoms with Crippen LogP contribution >= 0.6 is 0 Å². The molecule has 1 aromatic carbocycles. The van der Waals surface area contributed by atoms with Gasteiger partial charge in [0, 0.05) is 0 Å². The summed E-state index contributed by atoms with van der Waals surface area (Å²) in [4.78, 5) is 11.1. The predicted octanol–water partition coefficient (Wildman–Crippen LogP) is 3.66. The molecule has 1 unspecified atom stereocenters. The molecular weight excluding hydrogens is 233 g/mol. The number of benzene rings is 1. The maximum absolute atomic E-state index is 13.4. The van der Waals surface area contributed by atoms with Gasteiger partial charge in [-0.25, -0.2) is 9.18 Å². The van der Waals surface area contributed by atoms with Crippen LogP contribution in [0.5, 0.6) is 0 Å². The second-order valence-electron chi connectivity index (χ2n) is 4.36. The minimum Gasteiger partial charge on any atom is -0.480 e. The first-order valence-electron chi connectivity index (χ1n) is 6.39. The van der Waals surface area contributed by atoms with Crippen molar-refractivity contribution in [2.75, 3.05) is 5.32 Å². The number of carbonyl (C=O) groups is 1. The largest absolute Gasteiger partial charge is 0.480 e. The number of anilines is 1. The van der Waals surface area contributed by atoms with Crippen molar-refractivity contribution in [2.24, 2.45) is 0 Å². The van der Waals surface area contributed by atoms with Gasteiger partial charge in [0.25, 0.3) is 0 Å². The van der Waals surface area contributed by atoms with E-state index in [1.54, 1.807) is 18.2 Å². The summed E-state index contributed by atoms with van der Waals surface area (Å²) in [5, 5.41) is 11.8. The second kappa shape index (κ2) is 7.69. The summed E-state index contributed by atoms with van der Waals surface area (Å²) in [7, 11) is 0. The van der Waals surface area contributed by atoms with E-state index in [4.69, 9.17) is 5.11 Å². The van der Waals surface area contributed by atoms with E-state index in [-0.39, 0.29) is 5.69 Å². The quantitative estimate of drug-likeness (QED) is 0.695. The van der Waals surface area contributed by atoms with Crippen LogP contribution < -0.4 is 5.32 Å². The van der Waals surface area contributed by atoms with Crippen LogP contribution in [0.1, 0.15) is 39.0 Å². The lowest BCUT2D eigenvalue weighted by molar-refractivity contribution is -0.138. The van der Waals surface area contributed by atoms with Crippen molar-refractivity contribution in [3.63, 3.8) is 0 Å². The minimum atomic E-state index is -0.935. The second-order valence-corrected chi connectivity index (χ2v) is 4.36. The summed E-state index contributed by atoms with van der Waals surface area (Å²) >= 11 is 0. The molecule has 0 saturated heterocycles. The normalized spacial score (nSPS) is 12.1. The average molecular weight is 253 g/mol. The van der Waals surface area contributed by atoms with Crippen LogP contribution in [0.3, 0.4) is 0 Å². The fourth-order valence-corrected chi connectivity index (χ4v) is 1.80. The Bertz CT molecular complexity index is 382. The lowest BCUT2D eigenvalue weighted by atomic mass is 10.1. The number of halogens is 1. The van der Waals surface area contributed by atoms with E-state index in [0.717, 1.165) is 25.7 Å². The Morgan fingerprint density at radius 3 is 2.67 bits per heavy atom. The van der Waals surface area contributed by atoms with Gasteiger partial charge in [0.1, 0.15) is 11.9 Å². The third-order valence-electron chi connectivity index (χ3n) is 2.85. The Balaban J connectivity index is 2.53. The van der Waals surface area contributed by atoms with E-state index in [1.807, 2.05) is 0 Å². The number of para-hydroxylation sites is 1. The molecular formula is C14H20FNO2. The lowest BCUT2D eigenvalue weighted by Crippen LogP contribution is -2.29. The fraction of sp³-hybridized carbons (Fsp3) is 0.500. The third-order valence-corrected chi connectivity index (χ3v) is 2.85. The van der Waals surface area contributed by atoms with Crippen molar-refractivity contribution in [1.82, 2.24) is 0 Å². The fourth-order valence-electron chi connectivity index (χ4n) is 1.80. The minimum absolute atomic E-state index is 0.250. The molecule has 0 aliphatic rings. The molecule has 3 nitrogen and oxygen atoms in total. The number of carboxylic acids is 1. The Hall–Kier alpha value is -1.58. The van der Waals surface area contributed by atoms with E-state index in [2.05, 4.69) is 12.2 Å². The summed E-state index contributed by atoms with van der Waals surface area (Å²) < 4.78 is 13.4. The number of hydrogen-bond acceptors (Lipinski definition) is 2. The van der Waals surface area contributed by atoms with Gasteiger partial charge in [-0.15, -0.1) is 0 Å². The zero-order valence-electron chi connectivity index (χ0n) is 10.7. The SMILES string of the molecule is CCCCCCC(Nc1ccccc1F)C(=O)O. The smallest absolute Gasteiger partial charge is 0.326 e. The highest BCUT2D eigenvalue weighted by molar-refractivity contribution is 5.77. The third kappa shape index (κ3) is 4.73. The van der Waals surface area contributed by atoms with E-state index >= 15 is 0 Å². The van der Waals surface area contributed by atoms with E-state index in [1.165, 1.54) is 6.07 Å². The molecule has 0 saturated carbocycles. The molecule has 0 radical (unpaired) electrons. The molecule has 0 aliphatic carbocycles. The molecule has 0 bridgehead atoms. The first kappa shape index (κ1) is 14.5. The Kier molecular flexibility index (Phi) is 6.19. The van der Waals surface area contributed by atoms with Crippen molar-refractivity contribution >= 4 is 11.7 Å². The summed E-state index contributed by atoms with van der Waals surface area (Å²) in [6, 6.07) is 5.41. The van der Waals surface area contributed by atoms with Gasteiger partial charge >= 0.3 is 5.97 Å². The zero-order chi connectivity index (χ0) is 13.4. The topological polar surface area (TPSA) is 49.3 Å². The van der Waals surface area contributed by atoms with Gasteiger partial charge in [0.15, 0.2) is 0 Å². The Morgan fingerprint density at radius 2 is 2.06 bits per heavy atom. The first-order chi connectivity index (χ1) is 8.65. The lowest BCUT2D eigenvalue weighted by Gasteiger charge is -2.16. The van der Waals surface area contributed by atoms with Gasteiger partial charge in [-0.3, -0.25) is 0 Å². The molecule has 2 N–H and O–H groups in total. The average Bonchev–Trinajstić information content (AvgIpc) is 2.35. The van der Waals surface area contributed by atoms with Crippen LogP contribution in [0.4, 0.5) is 10.1 Å². The van der Waals surface area contributed by atoms with Gasteiger partial charge in [-0.2, -0.15) is 0 Å². The highest BCUT2D eigenvalue weighted by Gasteiger charge is 2.17. The van der Waals surface area contributed by atoms with Gasteiger partial charge in [-0.1, -0.05) is 44.7 Å². The summed E-state index contributed by atoms with van der Waals surface area (Å²) in [5.74, 6) is -1.35. The molecule has 1 rings (SSSR count). The number of aliphatic carboxylic acids is 1. The standard InChI is InChI=1S/C14H20FNO2/c1-2-3-4-5-10-13(14(17)18)16-12-9-7-6-8-11(12)15/h6-9,13,16H,2-5,10H2,1H3,(H,17,18). The van der Waals surface area contributed by atoms with Gasteiger partial charge in [0.05, 0.1) is 5.69 Å². The Morgan fingerprint density at radius 1 is 1.33 bits per heavy atom. The molecule has 100 valence electrons. The monoisotopic (exact) mass is 253 g/mol. The molecule has 0 heterocycles. The molecule has 4 heteroatoms. The van der Waals surface area contributed by atoms with Crippen molar-refractivity contribution in [1.29, 1.82) is 0 Å². The molecule has 0 aliphatic heterocycles. The predicted molar refractivity (Wildman–Crippen MR) is 70.2 cm³/mol. The number of hydrogen-bond donors (Lipinski definition) is 2. The molecule has 0 spiro atoms. The Labute approximate surface area is 107 Å². The van der Waals surface area contributed by atoms with Crippen LogP contribution in [-0.2, 0) is 4.79 Å². The number of carboxylic acid groups (broad SMARTS) is 1. The van der Waals surface area contributed by atoms with Gasteiger partial charge in [0.2, 0.25) is 0 Å². The van der Waals surface area contributed by atoms with Crippen LogP contribution in [-0.4, -0.2) is 17.1 Å². The summed E-state index contributed by atoms with van der Waals surface area (Å²) in [6.07, 6.45) is 4.58. The van der Waals surface area contributed by atoms with Gasteiger partial charge in [-0.05, 0) is 18.6 Å². The highest BCUT2D eigenvalue weighted by atomic mass is 19.1. The van der Waals surface area contributed by atoms with Gasteiger partial charge < -0.3 is 10.4 Å².